The van der Waals surface area contributed by atoms with Gasteiger partial charge in [0.1, 0.15) is 11.1 Å². The highest BCUT2D eigenvalue weighted by molar-refractivity contribution is 7.16. The fourth-order valence-electron chi connectivity index (χ4n) is 3.41. The molecule has 4 heterocycles. The van der Waals surface area contributed by atoms with Gasteiger partial charge in [-0.1, -0.05) is 13.0 Å². The first-order valence-electron chi connectivity index (χ1n) is 10.7. The number of carbonyl (C=O) groups excluding carboxylic acids is 2. The van der Waals surface area contributed by atoms with Gasteiger partial charge in [-0.25, -0.2) is 4.79 Å². The quantitative estimate of drug-likeness (QED) is 0.478. The Morgan fingerprint density at radius 2 is 2.12 bits per heavy atom. The summed E-state index contributed by atoms with van der Waals surface area (Å²) in [7, 11) is 0. The summed E-state index contributed by atoms with van der Waals surface area (Å²) in [5, 5.41) is 12.8. The fourth-order valence-corrected chi connectivity index (χ4v) is 4.64. The van der Waals surface area contributed by atoms with Gasteiger partial charge in [-0.3, -0.25) is 14.8 Å². The van der Waals surface area contributed by atoms with Crippen molar-refractivity contribution < 1.29 is 14.3 Å². The van der Waals surface area contributed by atoms with E-state index in [9.17, 15) is 14.9 Å². The first-order chi connectivity index (χ1) is 16.1. The summed E-state index contributed by atoms with van der Waals surface area (Å²) < 4.78 is 5.36. The topological polar surface area (TPSA) is 108 Å². The van der Waals surface area contributed by atoms with E-state index in [1.54, 1.807) is 18.0 Å². The van der Waals surface area contributed by atoms with E-state index >= 15 is 0 Å². The van der Waals surface area contributed by atoms with Gasteiger partial charge in [-0.05, 0) is 36.2 Å². The van der Waals surface area contributed by atoms with Crippen molar-refractivity contribution in [3.8, 4) is 17.3 Å². The number of amides is 2. The van der Waals surface area contributed by atoms with Gasteiger partial charge in [0.2, 0.25) is 5.91 Å². The molecule has 2 aromatic rings. The summed E-state index contributed by atoms with van der Waals surface area (Å²) in [4.78, 5) is 34.7. The van der Waals surface area contributed by atoms with Gasteiger partial charge < -0.3 is 15.0 Å². The van der Waals surface area contributed by atoms with Gasteiger partial charge in [0, 0.05) is 47.9 Å². The number of nitrogens with zero attached hydrogens (tertiary/aromatic N) is 4. The molecule has 0 aromatic carbocycles. The third-order valence-corrected chi connectivity index (χ3v) is 6.50. The molecule has 33 heavy (non-hydrogen) atoms. The third-order valence-electron chi connectivity index (χ3n) is 5.37. The van der Waals surface area contributed by atoms with Gasteiger partial charge in [-0.15, -0.1) is 11.3 Å². The molecular weight excluding hydrogens is 438 g/mol. The van der Waals surface area contributed by atoms with E-state index in [0.29, 0.717) is 42.9 Å². The second-order valence-corrected chi connectivity index (χ2v) is 8.62. The number of fused-ring (bicyclic) bond motifs is 2. The molecule has 0 fully saturated rings. The van der Waals surface area contributed by atoms with Crippen LogP contribution in [0.25, 0.3) is 11.3 Å². The zero-order valence-electron chi connectivity index (χ0n) is 18.2. The average Bonchev–Trinajstić information content (AvgIpc) is 3.18. The van der Waals surface area contributed by atoms with Crippen molar-refractivity contribution >= 4 is 28.3 Å². The summed E-state index contributed by atoms with van der Waals surface area (Å²) in [5.41, 5.74) is 4.80. The van der Waals surface area contributed by atoms with Crippen LogP contribution in [0.5, 0.6) is 0 Å². The Hall–Kier alpha value is -3.77. The largest absolute Gasteiger partial charge is 0.449 e. The van der Waals surface area contributed by atoms with Gasteiger partial charge in [0.25, 0.3) is 0 Å². The molecule has 0 radical (unpaired) electrons. The molecule has 0 saturated heterocycles. The van der Waals surface area contributed by atoms with Crippen molar-refractivity contribution in [2.24, 2.45) is 0 Å². The molecule has 0 spiro atoms. The summed E-state index contributed by atoms with van der Waals surface area (Å²) in [6.45, 7) is 2.91. The molecule has 8 nitrogen and oxygen atoms in total. The maximum atomic E-state index is 12.3. The van der Waals surface area contributed by atoms with Crippen molar-refractivity contribution in [2.45, 2.75) is 32.7 Å². The maximum Gasteiger partial charge on any atom is 0.410 e. The van der Waals surface area contributed by atoms with E-state index < -0.39 is 0 Å². The predicted molar refractivity (Wildman–Crippen MR) is 125 cm³/mol. The number of hydrogen-bond donors (Lipinski definition) is 1. The highest BCUT2D eigenvalue weighted by Crippen LogP contribution is 2.36. The van der Waals surface area contributed by atoms with Crippen molar-refractivity contribution in [2.75, 3.05) is 18.5 Å². The normalized spacial score (nSPS) is 12.5. The zero-order chi connectivity index (χ0) is 23.2. The van der Waals surface area contributed by atoms with Crippen LogP contribution in [-0.2, 0) is 28.9 Å². The number of carbonyl (C=O) groups is 2. The Bertz CT molecular complexity index is 1160. The molecule has 3 aliphatic rings. The first kappa shape index (κ1) is 22.4. The number of aromatic nitrogens is 2. The lowest BCUT2D eigenvalue weighted by Gasteiger charge is -2.26. The fraction of sp³-hybridized carbons (Fsp3) is 0.292. The summed E-state index contributed by atoms with van der Waals surface area (Å²) in [6.07, 6.45) is 4.70. The molecule has 1 aliphatic carbocycles. The van der Waals surface area contributed by atoms with Crippen LogP contribution in [-0.4, -0.2) is 40.0 Å². The number of anilines is 1. The summed E-state index contributed by atoms with van der Waals surface area (Å²) >= 11 is 1.36. The Morgan fingerprint density at radius 3 is 2.70 bits per heavy atom. The minimum atomic E-state index is -0.373. The Morgan fingerprint density at radius 1 is 1.27 bits per heavy atom. The van der Waals surface area contributed by atoms with Crippen LogP contribution in [0.1, 0.15) is 35.0 Å². The van der Waals surface area contributed by atoms with Crippen molar-refractivity contribution in [3.63, 3.8) is 0 Å². The maximum absolute atomic E-state index is 12.3. The number of nitrogens with one attached hydrogen (secondary N) is 1. The smallest absolute Gasteiger partial charge is 0.410 e. The number of rotatable bonds is 5. The van der Waals surface area contributed by atoms with E-state index in [1.165, 1.54) is 22.6 Å². The Balaban J connectivity index is 0.000000367. The van der Waals surface area contributed by atoms with Crippen LogP contribution < -0.4 is 5.32 Å². The molecule has 168 valence electrons. The van der Waals surface area contributed by atoms with Gasteiger partial charge >= 0.3 is 6.09 Å². The van der Waals surface area contributed by atoms with Gasteiger partial charge in [-0.2, -0.15) is 5.26 Å². The molecule has 2 aliphatic heterocycles. The number of hydrogen-bond acceptors (Lipinski definition) is 7. The lowest BCUT2D eigenvalue weighted by molar-refractivity contribution is -0.115. The number of ether oxygens (including phenoxy) is 1. The molecule has 2 aromatic heterocycles. The van der Waals surface area contributed by atoms with E-state index in [-0.39, 0.29) is 18.6 Å². The van der Waals surface area contributed by atoms with Crippen LogP contribution in [0.15, 0.2) is 42.7 Å². The van der Waals surface area contributed by atoms with E-state index in [1.807, 2.05) is 30.5 Å². The second-order valence-electron chi connectivity index (χ2n) is 7.51. The van der Waals surface area contributed by atoms with Crippen molar-refractivity contribution in [3.05, 3.63) is 64.4 Å². The van der Waals surface area contributed by atoms with Crippen LogP contribution >= 0.6 is 11.3 Å². The molecule has 0 atom stereocenters. The molecular formula is C24H23N5O3S. The molecule has 9 heteroatoms. The highest BCUT2D eigenvalue weighted by atomic mass is 32.1. The summed E-state index contributed by atoms with van der Waals surface area (Å²) in [5.74, 6) is -0.129. The Labute approximate surface area is 195 Å². The minimum absolute atomic E-state index is 0.129. The van der Waals surface area contributed by atoms with E-state index in [2.05, 4.69) is 27.4 Å². The molecule has 5 rings (SSSR count). The van der Waals surface area contributed by atoms with E-state index in [4.69, 9.17) is 4.74 Å². The van der Waals surface area contributed by atoms with Crippen molar-refractivity contribution in [1.82, 2.24) is 14.9 Å². The lowest BCUT2D eigenvalue weighted by atomic mass is 10.0. The molecule has 0 saturated carbocycles. The molecule has 1 N–H and O–H groups in total. The monoisotopic (exact) mass is 461 g/mol. The second kappa shape index (κ2) is 10.2. The SMILES string of the molecule is CCC(=O)Nc1sc2c(c1C#N)CCN(C(=O)OCCc1ccccn1)C2.c1cc2ncc1-2. The number of thiophene rings is 1. The van der Waals surface area contributed by atoms with Gasteiger partial charge in [0.05, 0.1) is 24.4 Å². The Kier molecular flexibility index (Phi) is 6.95. The third kappa shape index (κ3) is 5.18. The zero-order valence-corrected chi connectivity index (χ0v) is 19.0. The van der Waals surface area contributed by atoms with Gasteiger partial charge in [0.15, 0.2) is 0 Å². The number of pyridine rings is 2. The standard InChI is InChI=1S/C19H20N4O3S.C5H3N/c1-2-17(24)22-18-15(11-20)14-6-9-23(12-16(14)27-18)19(25)26-10-7-13-5-3-4-8-21-13;1-2-5-4(1)3-6-5/h3-5,8H,2,6-7,9-10,12H2,1H3,(H,22,24);1-3H. The first-order valence-corrected chi connectivity index (χ1v) is 11.5. The minimum Gasteiger partial charge on any atom is -0.449 e. The highest BCUT2D eigenvalue weighted by Gasteiger charge is 2.28. The van der Waals surface area contributed by atoms with E-state index in [0.717, 1.165) is 16.1 Å². The molecule has 0 unspecified atom stereocenters. The van der Waals surface area contributed by atoms with Crippen LogP contribution in [0.4, 0.5) is 9.80 Å². The summed E-state index contributed by atoms with van der Waals surface area (Å²) in [6, 6.07) is 11.9. The molecule has 0 bridgehead atoms. The van der Waals surface area contributed by atoms with Crippen LogP contribution in [0, 0.1) is 11.3 Å². The lowest BCUT2D eigenvalue weighted by Crippen LogP contribution is -2.36. The van der Waals surface area contributed by atoms with Crippen LogP contribution in [0.3, 0.4) is 0 Å². The molecule has 2 amide bonds. The number of nitriles is 1. The van der Waals surface area contributed by atoms with Crippen molar-refractivity contribution in [1.29, 1.82) is 5.26 Å². The average molecular weight is 462 g/mol. The van der Waals surface area contributed by atoms with Crippen LogP contribution in [0.2, 0.25) is 0 Å². The predicted octanol–water partition coefficient (Wildman–Crippen LogP) is 4.16.